The van der Waals surface area contributed by atoms with Gasteiger partial charge in [0, 0.05) is 24.2 Å². The number of pyridine rings is 1. The number of hydrogen-bond acceptors (Lipinski definition) is 3. The minimum atomic E-state index is -0.488. The van der Waals surface area contributed by atoms with E-state index in [2.05, 4.69) is 0 Å². The molecule has 0 aliphatic heterocycles. The fraction of sp³-hybridized carbons (Fsp3) is 0.0833. The lowest BCUT2D eigenvalue weighted by atomic mass is 10.2. The van der Waals surface area contributed by atoms with Crippen molar-refractivity contribution in [3.05, 3.63) is 57.0 Å². The molecule has 0 N–H and O–H groups in total. The summed E-state index contributed by atoms with van der Waals surface area (Å²) in [4.78, 5) is 24.1. The number of aromatic nitrogens is 3. The summed E-state index contributed by atoms with van der Waals surface area (Å²) in [5.74, 6) is 0. The normalized spacial score (nSPS) is 11.2. The van der Waals surface area contributed by atoms with Crippen LogP contribution in [0.15, 0.2) is 41.3 Å². The van der Waals surface area contributed by atoms with E-state index in [1.54, 1.807) is 18.2 Å². The molecule has 0 fully saturated rings. The summed E-state index contributed by atoms with van der Waals surface area (Å²) < 4.78 is 2.40. The summed E-state index contributed by atoms with van der Waals surface area (Å²) in [5, 5.41) is 12.1. The van der Waals surface area contributed by atoms with Gasteiger partial charge in [0.05, 0.1) is 4.43 Å². The maximum Gasteiger partial charge on any atom is 0.351 e. The highest BCUT2D eigenvalue weighted by Crippen LogP contribution is 2.14. The molecule has 3 rings (SSSR count). The molecule has 0 unspecified atom stereocenters. The number of hydrogen-bond donors (Lipinski definition) is 0. The van der Waals surface area contributed by atoms with Gasteiger partial charge in [0.2, 0.25) is 0 Å². The second-order valence-corrected chi connectivity index (χ2v) is 4.04. The van der Waals surface area contributed by atoms with E-state index in [4.69, 9.17) is 0 Å². The molecule has 0 aliphatic rings. The first-order valence-corrected chi connectivity index (χ1v) is 5.34. The molecule has 0 radical (unpaired) electrons. The van der Waals surface area contributed by atoms with Gasteiger partial charge in [-0.1, -0.05) is 12.1 Å². The van der Waals surface area contributed by atoms with Crippen molar-refractivity contribution < 1.29 is 4.43 Å². The van der Waals surface area contributed by atoms with Crippen molar-refractivity contribution in [1.82, 2.24) is 9.30 Å². The summed E-state index contributed by atoms with van der Waals surface area (Å²) in [6, 6.07) is 7.85. The maximum atomic E-state index is 12.2. The van der Waals surface area contributed by atoms with Crippen LogP contribution in [-0.4, -0.2) is 9.30 Å². The van der Waals surface area contributed by atoms with Crippen molar-refractivity contribution in [2.75, 3.05) is 0 Å². The Labute approximate surface area is 101 Å². The lowest BCUT2D eigenvalue weighted by Gasteiger charge is -2.13. The van der Waals surface area contributed by atoms with Crippen molar-refractivity contribution in [3.63, 3.8) is 0 Å². The molecule has 0 saturated carbocycles. The van der Waals surface area contributed by atoms with Crippen LogP contribution in [0.5, 0.6) is 0 Å². The van der Waals surface area contributed by atoms with Crippen LogP contribution >= 0.6 is 0 Å². The van der Waals surface area contributed by atoms with Crippen molar-refractivity contribution >= 4 is 22.1 Å². The van der Waals surface area contributed by atoms with Crippen molar-refractivity contribution in [1.29, 1.82) is 0 Å². The fourth-order valence-corrected chi connectivity index (χ4v) is 2.02. The Hall–Kier alpha value is -2.63. The van der Waals surface area contributed by atoms with Gasteiger partial charge < -0.3 is 14.5 Å². The number of aryl methyl sites for hydroxylation is 1. The number of para-hydroxylation sites is 2. The molecule has 0 amide bonds. The molecule has 0 aliphatic carbocycles. The van der Waals surface area contributed by atoms with Crippen LogP contribution in [0, 0.1) is 10.1 Å². The molecule has 2 heterocycles. The third kappa shape index (κ3) is 1.20. The van der Waals surface area contributed by atoms with Gasteiger partial charge in [-0.05, 0) is 12.1 Å². The van der Waals surface area contributed by atoms with Crippen LogP contribution in [0.2, 0.25) is 0 Å². The summed E-state index contributed by atoms with van der Waals surface area (Å²) in [5.41, 5.74) is -0.130. The van der Waals surface area contributed by atoms with E-state index in [0.717, 1.165) is 0 Å². The first kappa shape index (κ1) is 10.5. The molecule has 2 aromatic heterocycles. The Balaban J connectivity index is 2.77. The topological polar surface area (TPSA) is 73.0 Å². The Kier molecular flexibility index (Phi) is 2.00. The molecule has 90 valence electrons. The van der Waals surface area contributed by atoms with E-state index >= 15 is 0 Å². The van der Waals surface area contributed by atoms with E-state index < -0.39 is 5.56 Å². The zero-order valence-corrected chi connectivity index (χ0v) is 9.53. The van der Waals surface area contributed by atoms with Crippen LogP contribution in [-0.2, 0) is 7.05 Å². The van der Waals surface area contributed by atoms with Gasteiger partial charge in [-0.2, -0.15) is 0 Å². The summed E-state index contributed by atoms with van der Waals surface area (Å²) in [6.45, 7) is 0. The smallest absolute Gasteiger partial charge is 0.351 e. The summed E-state index contributed by atoms with van der Waals surface area (Å²) in [6.07, 6.45) is 1.47. The third-order valence-corrected chi connectivity index (χ3v) is 2.96. The second-order valence-electron chi connectivity index (χ2n) is 4.04. The number of fused-ring (bicyclic) bond motifs is 2. The Bertz CT molecular complexity index is 893. The van der Waals surface area contributed by atoms with Crippen LogP contribution in [0.4, 0.5) is 0 Å². The molecular formula is C12H9N3O3. The van der Waals surface area contributed by atoms with E-state index in [1.807, 2.05) is 0 Å². The van der Waals surface area contributed by atoms with Gasteiger partial charge >= 0.3 is 11.1 Å². The van der Waals surface area contributed by atoms with Crippen LogP contribution in [0.1, 0.15) is 0 Å². The highest BCUT2D eigenvalue weighted by molar-refractivity contribution is 5.82. The average Bonchev–Trinajstić information content (AvgIpc) is 2.39. The standard InChI is InChI=1S/C12H9N3O3/c1-13-7-6-10-11(12(13)16)15(18)9-5-3-2-4-8(9)14(10)17/h2-7H,1H3. The van der Waals surface area contributed by atoms with E-state index in [0.29, 0.717) is 9.16 Å². The zero-order valence-electron chi connectivity index (χ0n) is 9.53. The lowest BCUT2D eigenvalue weighted by molar-refractivity contribution is -0.433. The first-order valence-electron chi connectivity index (χ1n) is 5.34. The van der Waals surface area contributed by atoms with E-state index in [1.165, 1.54) is 29.9 Å². The molecule has 0 saturated heterocycles. The highest BCUT2D eigenvalue weighted by atomic mass is 16.5. The highest BCUT2D eigenvalue weighted by Gasteiger charge is 2.18. The van der Waals surface area contributed by atoms with Gasteiger partial charge in [-0.3, -0.25) is 4.79 Å². The third-order valence-electron chi connectivity index (χ3n) is 2.96. The molecule has 0 spiro atoms. The Morgan fingerprint density at radius 2 is 1.89 bits per heavy atom. The molecular weight excluding hydrogens is 234 g/mol. The van der Waals surface area contributed by atoms with Crippen LogP contribution < -0.4 is 9.99 Å². The van der Waals surface area contributed by atoms with Crippen molar-refractivity contribution in [2.24, 2.45) is 7.05 Å². The summed E-state index contributed by atoms with van der Waals surface area (Å²) in [7, 11) is 1.53. The second kappa shape index (κ2) is 3.43. The lowest BCUT2D eigenvalue weighted by Crippen LogP contribution is -2.30. The number of benzene rings is 1. The Morgan fingerprint density at radius 3 is 2.67 bits per heavy atom. The SMILES string of the molecule is Cn1ccc2c(c1=O)[n+](=O)c1ccccc1n2[O-]. The quantitative estimate of drug-likeness (QED) is 0.432. The van der Waals surface area contributed by atoms with Crippen LogP contribution in [0.3, 0.4) is 0 Å². The van der Waals surface area contributed by atoms with Gasteiger partial charge in [0.15, 0.2) is 0 Å². The van der Waals surface area contributed by atoms with Gasteiger partial charge in [0.25, 0.3) is 5.52 Å². The minimum Gasteiger partial charge on any atom is -0.805 e. The van der Waals surface area contributed by atoms with Crippen LogP contribution in [0.25, 0.3) is 22.1 Å². The van der Waals surface area contributed by atoms with E-state index in [-0.39, 0.29) is 22.1 Å². The Morgan fingerprint density at radius 1 is 1.17 bits per heavy atom. The fourth-order valence-electron chi connectivity index (χ4n) is 2.02. The maximum absolute atomic E-state index is 12.2. The van der Waals surface area contributed by atoms with E-state index in [9.17, 15) is 14.9 Å². The molecule has 3 aromatic rings. The monoisotopic (exact) mass is 243 g/mol. The minimum absolute atomic E-state index is 0.0757. The summed E-state index contributed by atoms with van der Waals surface area (Å²) >= 11 is 0. The van der Waals surface area contributed by atoms with Crippen molar-refractivity contribution in [3.8, 4) is 0 Å². The predicted molar refractivity (Wildman–Crippen MR) is 66.8 cm³/mol. The van der Waals surface area contributed by atoms with Gasteiger partial charge in [0.1, 0.15) is 11.0 Å². The molecule has 1 aromatic carbocycles. The van der Waals surface area contributed by atoms with Gasteiger partial charge in [-0.25, -0.2) is 0 Å². The number of nitrogens with zero attached hydrogens (tertiary/aromatic N) is 3. The largest absolute Gasteiger partial charge is 0.805 e. The average molecular weight is 243 g/mol. The number of rotatable bonds is 0. The molecule has 18 heavy (non-hydrogen) atoms. The van der Waals surface area contributed by atoms with Crippen molar-refractivity contribution in [2.45, 2.75) is 0 Å². The first-order chi connectivity index (χ1) is 8.61. The predicted octanol–water partition coefficient (Wildman–Crippen LogP) is 0.754. The zero-order chi connectivity index (χ0) is 12.9. The molecule has 6 heteroatoms. The molecule has 0 atom stereocenters. The van der Waals surface area contributed by atoms with Gasteiger partial charge in [-0.15, -0.1) is 0 Å². The molecule has 6 nitrogen and oxygen atoms in total. The molecule has 0 bridgehead atoms.